The third-order valence-corrected chi connectivity index (χ3v) is 9.83. The third kappa shape index (κ3) is 5.11. The zero-order chi connectivity index (χ0) is 30.9. The third-order valence-electron chi connectivity index (χ3n) is 9.83. The van der Waals surface area contributed by atoms with E-state index in [2.05, 4.69) is 21.6 Å². The zero-order valence-corrected chi connectivity index (χ0v) is 30.7. The van der Waals surface area contributed by atoms with Crippen LogP contribution in [0.1, 0.15) is 64.9 Å². The van der Waals surface area contributed by atoms with Gasteiger partial charge >= 0.3 is 0 Å². The number of benzene rings is 2. The van der Waals surface area contributed by atoms with Crippen molar-refractivity contribution in [2.75, 3.05) is 20.4 Å². The Morgan fingerprint density at radius 3 is 2.48 bits per heavy atom. The first-order valence-electron chi connectivity index (χ1n) is 14.8. The van der Waals surface area contributed by atoms with Gasteiger partial charge in [0.25, 0.3) is 0 Å². The van der Waals surface area contributed by atoms with Crippen LogP contribution >= 0.6 is 0 Å². The maximum absolute atomic E-state index is 13.2. The average molecular weight is 820 g/mol. The summed E-state index contributed by atoms with van der Waals surface area (Å²) >= 11 is 0. The second kappa shape index (κ2) is 12.4. The number of piperazine rings is 1. The summed E-state index contributed by atoms with van der Waals surface area (Å²) in [4.78, 5) is 29.4. The van der Waals surface area contributed by atoms with Crippen LogP contribution in [-0.4, -0.2) is 81.7 Å². The fourth-order valence-corrected chi connectivity index (χ4v) is 7.55. The standard InChI is InChI=1S/C32H40N4O7.Ac/c1-7-8-23(37)34-17(5)31(40)33-12-22-25-19(27(38)16(4)29-30(25)43-13-42-29)11-20-26-24-18(9-14(2)15(3)28(24)39)10-21(35(26)6)32(41)36(20)22;/h7-9,17,20-22,26,32,38-39,41H,10-13H2,1-6H3,(H,33,40)(H,34,37);/b8-7+;/t17-,20?,21-,22-,26+,32-;/m0./s1. The predicted molar refractivity (Wildman–Crippen MR) is 158 cm³/mol. The number of carbonyl (C=O) groups is 2. The van der Waals surface area contributed by atoms with Crippen molar-refractivity contribution in [3.63, 3.8) is 0 Å². The molecule has 4 aliphatic rings. The minimum Gasteiger partial charge on any atom is -0.507 e. The number of carbonyl (C=O) groups excluding carboxylic acids is 2. The summed E-state index contributed by atoms with van der Waals surface area (Å²) in [6.07, 6.45) is 2.95. The molecule has 0 saturated carbocycles. The molecule has 5 N–H and O–H groups in total. The van der Waals surface area contributed by atoms with Crippen LogP contribution in [0.5, 0.6) is 23.0 Å². The van der Waals surface area contributed by atoms with Crippen molar-refractivity contribution < 1.29 is 78.4 Å². The number of ether oxygens (including phenoxy) is 2. The van der Waals surface area contributed by atoms with E-state index in [9.17, 15) is 24.9 Å². The molecule has 2 bridgehead atoms. The molecule has 2 aromatic carbocycles. The van der Waals surface area contributed by atoms with E-state index < -0.39 is 18.3 Å². The number of nitrogens with one attached hydrogen (secondary N) is 2. The molecular weight excluding hydrogens is 779 g/mol. The molecule has 6 rings (SSSR count). The largest absolute Gasteiger partial charge is 0.507 e. The van der Waals surface area contributed by atoms with Crippen LogP contribution in [0.15, 0.2) is 18.2 Å². The van der Waals surface area contributed by atoms with E-state index in [4.69, 9.17) is 9.47 Å². The molecule has 0 aliphatic carbocycles. The van der Waals surface area contributed by atoms with Crippen LogP contribution in [0.3, 0.4) is 0 Å². The van der Waals surface area contributed by atoms with Gasteiger partial charge in [0, 0.05) is 78.9 Å². The quantitative estimate of drug-likeness (QED) is 0.287. The number of rotatable bonds is 5. The topological polar surface area (TPSA) is 144 Å². The maximum atomic E-state index is 13.2. The number of aliphatic hydroxyl groups excluding tert-OH is 1. The number of fused-ring (bicyclic) bond motifs is 9. The van der Waals surface area contributed by atoms with E-state index in [-0.39, 0.29) is 98.8 Å². The number of hydrogen-bond acceptors (Lipinski definition) is 9. The van der Waals surface area contributed by atoms with Crippen molar-refractivity contribution in [1.82, 2.24) is 20.4 Å². The molecule has 12 heteroatoms. The van der Waals surface area contributed by atoms with Gasteiger partial charge in [-0.1, -0.05) is 12.1 Å². The average Bonchev–Trinajstić information content (AvgIpc) is 3.46. The van der Waals surface area contributed by atoms with E-state index in [0.29, 0.717) is 41.0 Å². The molecule has 2 amide bonds. The van der Waals surface area contributed by atoms with E-state index in [1.807, 2.05) is 25.8 Å². The summed E-state index contributed by atoms with van der Waals surface area (Å²) in [7, 11) is 1.97. The van der Waals surface area contributed by atoms with Gasteiger partial charge in [0.15, 0.2) is 11.5 Å². The fourth-order valence-electron chi connectivity index (χ4n) is 7.55. The van der Waals surface area contributed by atoms with Gasteiger partial charge in [0.05, 0.1) is 18.1 Å². The van der Waals surface area contributed by atoms with Crippen LogP contribution in [0, 0.1) is 64.8 Å². The van der Waals surface area contributed by atoms with E-state index in [1.165, 1.54) is 6.08 Å². The van der Waals surface area contributed by atoms with Crippen LogP contribution < -0.4 is 20.1 Å². The fraction of sp³-hybridized carbons (Fsp3) is 0.500. The Hall–Kier alpha value is -2.36. The number of likely N-dealkylation sites (N-methyl/N-ethyl adjacent to an activating group) is 1. The number of aryl methyl sites for hydroxylation is 1. The first-order chi connectivity index (χ1) is 20.5. The molecule has 4 heterocycles. The summed E-state index contributed by atoms with van der Waals surface area (Å²) in [6, 6.07) is -0.203. The SMILES string of the molecule is C/C=C/C(=O)N[C@@H](C)C(=O)NC[C@H]1c2c(c(O)c(C)c3c2OCO3)CC2[C@@H]3c4c(cc(C)c(C)c4O)C[C@@H]([C@H](O)N21)N3C.[Ac]. The molecule has 0 spiro atoms. The van der Waals surface area contributed by atoms with Crippen LogP contribution in [0.2, 0.25) is 0 Å². The Kier molecular flexibility index (Phi) is 9.34. The Morgan fingerprint density at radius 2 is 1.77 bits per heavy atom. The summed E-state index contributed by atoms with van der Waals surface area (Å²) in [6.45, 7) is 9.08. The summed E-state index contributed by atoms with van der Waals surface area (Å²) in [5.41, 5.74) is 5.58. The second-order valence-electron chi connectivity index (χ2n) is 12.2. The normalized spacial score (nSPS) is 25.8. The Morgan fingerprint density at radius 1 is 1.07 bits per heavy atom. The number of phenolic OH excluding ortho intramolecular Hbond substituents is 2. The molecule has 1 unspecified atom stereocenters. The summed E-state index contributed by atoms with van der Waals surface area (Å²) in [5, 5.41) is 40.6. The number of nitrogens with zero attached hydrogens (tertiary/aromatic N) is 2. The number of allylic oxidation sites excluding steroid dienone is 1. The molecule has 233 valence electrons. The van der Waals surface area contributed by atoms with Gasteiger partial charge in [-0.3, -0.25) is 19.4 Å². The smallest absolute Gasteiger partial charge is 0.244 e. The molecule has 1 saturated heterocycles. The van der Waals surface area contributed by atoms with Gasteiger partial charge in [-0.2, -0.15) is 0 Å². The van der Waals surface area contributed by atoms with Crippen LogP contribution in [0.4, 0.5) is 0 Å². The van der Waals surface area contributed by atoms with Crippen molar-refractivity contribution >= 4 is 11.8 Å². The van der Waals surface area contributed by atoms with Gasteiger partial charge < -0.3 is 35.4 Å². The Balaban J connectivity index is 0.00000384. The first-order valence-corrected chi connectivity index (χ1v) is 14.8. The van der Waals surface area contributed by atoms with Crippen LogP contribution in [0.25, 0.3) is 0 Å². The molecule has 2 aromatic rings. The van der Waals surface area contributed by atoms with Gasteiger partial charge in [-0.05, 0) is 77.3 Å². The van der Waals surface area contributed by atoms with Gasteiger partial charge in [-0.25, -0.2) is 0 Å². The van der Waals surface area contributed by atoms with Gasteiger partial charge in [-0.15, -0.1) is 0 Å². The molecule has 0 aromatic heterocycles. The molecular formula is C32H40AcN4O7. The van der Waals surface area contributed by atoms with E-state index in [1.54, 1.807) is 26.8 Å². The number of aromatic hydroxyl groups is 2. The predicted octanol–water partition coefficient (Wildman–Crippen LogP) is 2.15. The molecule has 6 atom stereocenters. The van der Waals surface area contributed by atoms with E-state index >= 15 is 0 Å². The minimum absolute atomic E-state index is 0. The van der Waals surface area contributed by atoms with Crippen molar-refractivity contribution in [2.45, 2.75) is 83.9 Å². The Bertz CT molecular complexity index is 1550. The van der Waals surface area contributed by atoms with Crippen molar-refractivity contribution in [3.8, 4) is 23.0 Å². The number of phenols is 2. The monoisotopic (exact) mass is 819 g/mol. The van der Waals surface area contributed by atoms with Gasteiger partial charge in [0.1, 0.15) is 23.8 Å². The zero-order valence-electron chi connectivity index (χ0n) is 26.0. The van der Waals surface area contributed by atoms with Crippen molar-refractivity contribution in [2.24, 2.45) is 0 Å². The van der Waals surface area contributed by atoms with Gasteiger partial charge in [0.2, 0.25) is 18.6 Å². The van der Waals surface area contributed by atoms with Crippen molar-refractivity contribution in [3.05, 3.63) is 57.2 Å². The summed E-state index contributed by atoms with van der Waals surface area (Å²) in [5.74, 6) is 0.558. The molecule has 4 aliphatic heterocycles. The second-order valence-corrected chi connectivity index (χ2v) is 12.2. The minimum atomic E-state index is -0.925. The number of aliphatic hydroxyl groups is 1. The van der Waals surface area contributed by atoms with Crippen molar-refractivity contribution in [1.29, 1.82) is 0 Å². The Labute approximate surface area is 293 Å². The van der Waals surface area contributed by atoms with E-state index in [0.717, 1.165) is 22.3 Å². The molecule has 11 nitrogen and oxygen atoms in total. The molecule has 1 fully saturated rings. The molecule has 44 heavy (non-hydrogen) atoms. The maximum Gasteiger partial charge on any atom is 0.244 e. The summed E-state index contributed by atoms with van der Waals surface area (Å²) < 4.78 is 11.7. The first kappa shape index (κ1) is 33.0. The number of amides is 2. The van der Waals surface area contributed by atoms with Crippen LogP contribution in [-0.2, 0) is 22.4 Å². The number of hydrogen-bond donors (Lipinski definition) is 5. The molecule has 1 radical (unpaired) electrons.